The molecule has 0 saturated heterocycles. The van der Waals surface area contributed by atoms with E-state index in [4.69, 9.17) is 39.5 Å². The average molecular weight is 683 g/mol. The summed E-state index contributed by atoms with van der Waals surface area (Å²) in [5.41, 5.74) is 1.95. The molecule has 0 spiro atoms. The summed E-state index contributed by atoms with van der Waals surface area (Å²) >= 11 is 18.7. The van der Waals surface area contributed by atoms with E-state index in [1.165, 1.54) is 17.5 Å². The zero-order valence-electron chi connectivity index (χ0n) is 25.2. The number of hydrogen-bond donors (Lipinski definition) is 1. The van der Waals surface area contributed by atoms with E-state index < -0.39 is 16.1 Å². The van der Waals surface area contributed by atoms with Gasteiger partial charge >= 0.3 is 0 Å². The molecule has 2 atom stereocenters. The van der Waals surface area contributed by atoms with Gasteiger partial charge in [0.15, 0.2) is 0 Å². The highest BCUT2D eigenvalue weighted by atomic mass is 35.5. The lowest BCUT2D eigenvalue weighted by Gasteiger charge is -2.33. The first-order chi connectivity index (χ1) is 20.8. The lowest BCUT2D eigenvalue weighted by atomic mass is 10.0. The second-order valence-electron chi connectivity index (χ2n) is 10.6. The number of carbonyl (C=O) groups excluding carboxylic acids is 2. The molecule has 0 heterocycles. The first-order valence-electron chi connectivity index (χ1n) is 14.2. The Labute approximate surface area is 275 Å². The molecular weight excluding hydrogens is 645 g/mol. The third-order valence-corrected chi connectivity index (χ3v) is 9.41. The fraction of sp³-hybridized carbons (Fsp3) is 0.375. The van der Waals surface area contributed by atoms with Gasteiger partial charge in [0.05, 0.1) is 34.1 Å². The van der Waals surface area contributed by atoms with Crippen molar-refractivity contribution in [2.75, 3.05) is 24.2 Å². The minimum Gasteiger partial charge on any atom is -0.495 e. The van der Waals surface area contributed by atoms with Gasteiger partial charge in [-0.05, 0) is 61.2 Å². The van der Waals surface area contributed by atoms with E-state index in [0.717, 1.165) is 18.2 Å². The molecule has 0 aliphatic rings. The fourth-order valence-electron chi connectivity index (χ4n) is 4.64. The van der Waals surface area contributed by atoms with Crippen LogP contribution in [-0.2, 0) is 32.6 Å². The Morgan fingerprint density at radius 3 is 2.23 bits per heavy atom. The van der Waals surface area contributed by atoms with Crippen molar-refractivity contribution in [2.45, 2.75) is 58.2 Å². The standard InChI is InChI=1S/C32H38Cl3N3O5S/c1-5-22(2)36-32(40)29(19-23-10-7-6-8-11-23)37(21-24-13-15-26(33)27(34)18-24)31(39)12-9-17-38(44(4,41)42)25-14-16-30(43-3)28(35)20-25/h6-8,10-11,13-16,18,20,22,29H,5,9,12,17,19,21H2,1-4H3,(H,36,40)/t22-,29+/m1/s1. The quantitative estimate of drug-likeness (QED) is 0.191. The van der Waals surface area contributed by atoms with Crippen LogP contribution in [0.2, 0.25) is 15.1 Å². The van der Waals surface area contributed by atoms with Crippen LogP contribution >= 0.6 is 34.8 Å². The van der Waals surface area contributed by atoms with Crippen molar-refractivity contribution in [3.8, 4) is 5.75 Å². The summed E-state index contributed by atoms with van der Waals surface area (Å²) < 4.78 is 31.8. The molecule has 8 nitrogen and oxygen atoms in total. The van der Waals surface area contributed by atoms with Crippen molar-refractivity contribution < 1.29 is 22.7 Å². The Balaban J connectivity index is 1.92. The highest BCUT2D eigenvalue weighted by Crippen LogP contribution is 2.30. The molecule has 3 rings (SSSR count). The lowest BCUT2D eigenvalue weighted by molar-refractivity contribution is -0.141. The van der Waals surface area contributed by atoms with E-state index in [9.17, 15) is 18.0 Å². The number of ether oxygens (including phenoxy) is 1. The lowest BCUT2D eigenvalue weighted by Crippen LogP contribution is -2.52. The molecule has 0 saturated carbocycles. The Kier molecular flexibility index (Phi) is 13.2. The number of amides is 2. The predicted octanol–water partition coefficient (Wildman–Crippen LogP) is 6.76. The number of rotatable bonds is 15. The molecule has 0 bridgehead atoms. The number of anilines is 1. The van der Waals surface area contributed by atoms with E-state index in [-0.39, 0.29) is 55.2 Å². The molecule has 44 heavy (non-hydrogen) atoms. The van der Waals surface area contributed by atoms with Crippen LogP contribution < -0.4 is 14.4 Å². The van der Waals surface area contributed by atoms with Gasteiger partial charge in [-0.1, -0.05) is 78.1 Å². The maximum absolute atomic E-state index is 14.0. The summed E-state index contributed by atoms with van der Waals surface area (Å²) in [4.78, 5) is 29.2. The molecule has 238 valence electrons. The van der Waals surface area contributed by atoms with Crippen LogP contribution in [0.1, 0.15) is 44.2 Å². The minimum atomic E-state index is -3.70. The zero-order chi connectivity index (χ0) is 32.4. The number of benzene rings is 3. The molecule has 3 aromatic rings. The van der Waals surface area contributed by atoms with Gasteiger partial charge in [0.25, 0.3) is 0 Å². The van der Waals surface area contributed by atoms with Crippen LogP contribution in [0.5, 0.6) is 5.75 Å². The summed E-state index contributed by atoms with van der Waals surface area (Å²) in [7, 11) is -2.23. The molecule has 0 radical (unpaired) electrons. The van der Waals surface area contributed by atoms with E-state index in [1.54, 1.807) is 35.2 Å². The van der Waals surface area contributed by atoms with Crippen LogP contribution in [0.15, 0.2) is 66.7 Å². The van der Waals surface area contributed by atoms with Gasteiger partial charge < -0.3 is 15.0 Å². The highest BCUT2D eigenvalue weighted by molar-refractivity contribution is 7.92. The molecule has 12 heteroatoms. The van der Waals surface area contributed by atoms with Crippen LogP contribution in [0.25, 0.3) is 0 Å². The van der Waals surface area contributed by atoms with Gasteiger partial charge in [0.2, 0.25) is 21.8 Å². The smallest absolute Gasteiger partial charge is 0.243 e. The van der Waals surface area contributed by atoms with Gasteiger partial charge in [0.1, 0.15) is 11.8 Å². The Bertz CT molecular complexity index is 1540. The van der Waals surface area contributed by atoms with E-state index in [1.807, 2.05) is 44.2 Å². The van der Waals surface area contributed by atoms with Crippen molar-refractivity contribution in [3.05, 3.63) is 92.9 Å². The Hall–Kier alpha value is -2.98. The van der Waals surface area contributed by atoms with Gasteiger partial charge in [-0.3, -0.25) is 13.9 Å². The summed E-state index contributed by atoms with van der Waals surface area (Å²) in [6.07, 6.45) is 2.29. The van der Waals surface area contributed by atoms with Gasteiger partial charge in [-0.15, -0.1) is 0 Å². The van der Waals surface area contributed by atoms with Crippen LogP contribution in [0.4, 0.5) is 5.69 Å². The monoisotopic (exact) mass is 681 g/mol. The third-order valence-electron chi connectivity index (χ3n) is 7.18. The van der Waals surface area contributed by atoms with Crippen molar-refractivity contribution in [3.63, 3.8) is 0 Å². The number of methoxy groups -OCH3 is 1. The molecular formula is C32H38Cl3N3O5S. The molecule has 0 fully saturated rings. The molecule has 3 aromatic carbocycles. The second-order valence-corrected chi connectivity index (χ2v) is 13.7. The number of nitrogens with zero attached hydrogens (tertiary/aromatic N) is 2. The largest absolute Gasteiger partial charge is 0.495 e. The zero-order valence-corrected chi connectivity index (χ0v) is 28.3. The fourth-order valence-corrected chi connectivity index (χ4v) is 6.17. The summed E-state index contributed by atoms with van der Waals surface area (Å²) in [6, 6.07) is 18.3. The number of hydrogen-bond acceptors (Lipinski definition) is 5. The summed E-state index contributed by atoms with van der Waals surface area (Å²) in [6.45, 7) is 4.01. The van der Waals surface area contributed by atoms with Crippen molar-refractivity contribution in [2.24, 2.45) is 0 Å². The maximum atomic E-state index is 14.0. The summed E-state index contributed by atoms with van der Waals surface area (Å²) in [5, 5.41) is 4.01. The molecule has 1 N–H and O–H groups in total. The maximum Gasteiger partial charge on any atom is 0.243 e. The normalized spacial score (nSPS) is 12.7. The topological polar surface area (TPSA) is 96.0 Å². The number of sulfonamides is 1. The molecule has 0 aliphatic carbocycles. The minimum absolute atomic E-state index is 0.0148. The van der Waals surface area contributed by atoms with Gasteiger partial charge in [-0.25, -0.2) is 8.42 Å². The third kappa shape index (κ3) is 10.0. The van der Waals surface area contributed by atoms with E-state index in [0.29, 0.717) is 27.0 Å². The van der Waals surface area contributed by atoms with Gasteiger partial charge in [0, 0.05) is 32.0 Å². The summed E-state index contributed by atoms with van der Waals surface area (Å²) in [5.74, 6) is -0.170. The highest BCUT2D eigenvalue weighted by Gasteiger charge is 2.31. The average Bonchev–Trinajstić information content (AvgIpc) is 2.98. The van der Waals surface area contributed by atoms with Crippen LogP contribution in [-0.4, -0.2) is 57.1 Å². The number of nitrogens with one attached hydrogen (secondary N) is 1. The first kappa shape index (κ1) is 35.5. The van der Waals surface area contributed by atoms with E-state index in [2.05, 4.69) is 5.32 Å². The van der Waals surface area contributed by atoms with E-state index >= 15 is 0 Å². The SMILES string of the molecule is CC[C@@H](C)NC(=O)[C@H](Cc1ccccc1)N(Cc1ccc(Cl)c(Cl)c1)C(=O)CCCN(c1ccc(OC)c(Cl)c1)S(C)(=O)=O. The van der Waals surface area contributed by atoms with Crippen LogP contribution in [0, 0.1) is 0 Å². The molecule has 0 aromatic heterocycles. The molecule has 2 amide bonds. The Morgan fingerprint density at radius 2 is 1.64 bits per heavy atom. The van der Waals surface area contributed by atoms with Crippen molar-refractivity contribution >= 4 is 62.3 Å². The first-order valence-corrected chi connectivity index (χ1v) is 17.2. The molecule has 0 unspecified atom stereocenters. The molecule has 0 aliphatic heterocycles. The van der Waals surface area contributed by atoms with Crippen LogP contribution in [0.3, 0.4) is 0 Å². The van der Waals surface area contributed by atoms with Crippen molar-refractivity contribution in [1.29, 1.82) is 0 Å². The second kappa shape index (κ2) is 16.4. The predicted molar refractivity (Wildman–Crippen MR) is 178 cm³/mol. The van der Waals surface area contributed by atoms with Gasteiger partial charge in [-0.2, -0.15) is 0 Å². The Morgan fingerprint density at radius 1 is 0.932 bits per heavy atom. The number of carbonyl (C=O) groups is 2. The number of halogens is 3. The van der Waals surface area contributed by atoms with Crippen molar-refractivity contribution in [1.82, 2.24) is 10.2 Å².